The number of benzene rings is 1. The Bertz CT molecular complexity index is 778. The molecule has 1 aliphatic heterocycles. The Morgan fingerprint density at radius 2 is 2.04 bits per heavy atom. The number of rotatable bonds is 6. The van der Waals surface area contributed by atoms with Crippen LogP contribution in [0.3, 0.4) is 0 Å². The lowest BCUT2D eigenvalue weighted by Gasteiger charge is -2.35. The van der Waals surface area contributed by atoms with Gasteiger partial charge in [0.05, 0.1) is 0 Å². The van der Waals surface area contributed by atoms with Crippen LogP contribution in [0.15, 0.2) is 30.3 Å². The summed E-state index contributed by atoms with van der Waals surface area (Å²) in [7, 11) is 0. The van der Waals surface area contributed by atoms with Crippen LogP contribution in [0.4, 0.5) is 5.95 Å². The van der Waals surface area contributed by atoms with Crippen molar-refractivity contribution in [1.29, 1.82) is 0 Å². The summed E-state index contributed by atoms with van der Waals surface area (Å²) >= 11 is 5.90. The minimum atomic E-state index is -0.152. The van der Waals surface area contributed by atoms with E-state index in [-0.39, 0.29) is 5.91 Å². The summed E-state index contributed by atoms with van der Waals surface area (Å²) < 4.78 is 0. The van der Waals surface area contributed by atoms with Gasteiger partial charge in [-0.05, 0) is 62.8 Å². The number of piperidine rings is 1. The summed E-state index contributed by atoms with van der Waals surface area (Å²) in [5, 5.41) is 3.68. The maximum absolute atomic E-state index is 12.6. The van der Waals surface area contributed by atoms with Crippen LogP contribution in [0.1, 0.15) is 54.4 Å². The summed E-state index contributed by atoms with van der Waals surface area (Å²) in [4.78, 5) is 24.0. The molecule has 1 N–H and O–H groups in total. The number of nitrogens with one attached hydrogen (secondary N) is 1. The van der Waals surface area contributed by atoms with Crippen LogP contribution in [0, 0.1) is 6.92 Å². The molecule has 1 aromatic heterocycles. The van der Waals surface area contributed by atoms with Crippen molar-refractivity contribution in [2.45, 2.75) is 52.0 Å². The van der Waals surface area contributed by atoms with E-state index in [1.165, 1.54) is 6.42 Å². The fraction of sp³-hybridized carbons (Fsp3) is 0.476. The number of anilines is 1. The Labute approximate surface area is 166 Å². The van der Waals surface area contributed by atoms with Crippen LogP contribution in [0.2, 0.25) is 5.02 Å². The van der Waals surface area contributed by atoms with E-state index in [9.17, 15) is 4.79 Å². The van der Waals surface area contributed by atoms with E-state index in [0.29, 0.717) is 24.2 Å². The lowest BCUT2D eigenvalue weighted by atomic mass is 10.0. The van der Waals surface area contributed by atoms with E-state index < -0.39 is 0 Å². The molecule has 0 saturated carbocycles. The average Bonchev–Trinajstić information content (AvgIpc) is 2.69. The fourth-order valence-corrected chi connectivity index (χ4v) is 3.67. The van der Waals surface area contributed by atoms with Crippen molar-refractivity contribution in [2.75, 3.05) is 18.0 Å². The molecule has 0 spiro atoms. The number of carbonyl (C=O) groups is 1. The Kier molecular flexibility index (Phi) is 6.67. The zero-order valence-corrected chi connectivity index (χ0v) is 16.8. The molecule has 1 fully saturated rings. The van der Waals surface area contributed by atoms with Crippen LogP contribution in [0.5, 0.6) is 0 Å². The standard InChI is InChI=1S/C21H27ClN4O/c1-3-18-6-4-5-13-26(18)21-24-15(2)14-19(25-21)20(27)23-12-11-16-7-9-17(22)10-8-16/h7-10,14,18H,3-6,11-13H2,1-2H3,(H,23,27). The first-order valence-electron chi connectivity index (χ1n) is 9.71. The molecule has 3 rings (SSSR count). The van der Waals surface area contributed by atoms with Crippen molar-refractivity contribution >= 4 is 23.5 Å². The number of nitrogens with zero attached hydrogens (tertiary/aromatic N) is 3. The van der Waals surface area contributed by atoms with Gasteiger partial charge in [-0.25, -0.2) is 9.97 Å². The van der Waals surface area contributed by atoms with Crippen molar-refractivity contribution < 1.29 is 4.79 Å². The van der Waals surface area contributed by atoms with E-state index in [2.05, 4.69) is 27.1 Å². The summed E-state index contributed by atoms with van der Waals surface area (Å²) in [6.45, 7) is 5.63. The van der Waals surface area contributed by atoms with Gasteiger partial charge in [0.15, 0.2) is 0 Å². The molecule has 0 radical (unpaired) electrons. The normalized spacial score (nSPS) is 17.0. The first kappa shape index (κ1) is 19.6. The molecule has 1 atom stereocenters. The molecular formula is C21H27ClN4O. The number of amides is 1. The van der Waals surface area contributed by atoms with Gasteiger partial charge >= 0.3 is 0 Å². The molecule has 1 aliphatic rings. The van der Waals surface area contributed by atoms with Gasteiger partial charge in [0.25, 0.3) is 5.91 Å². The third-order valence-electron chi connectivity index (χ3n) is 5.04. The molecule has 2 heterocycles. The monoisotopic (exact) mass is 386 g/mol. The summed E-state index contributed by atoms with van der Waals surface area (Å²) in [6, 6.07) is 9.89. The second-order valence-electron chi connectivity index (χ2n) is 7.08. The van der Waals surface area contributed by atoms with Crippen LogP contribution in [-0.2, 0) is 6.42 Å². The number of hydrogen-bond acceptors (Lipinski definition) is 4. The maximum Gasteiger partial charge on any atom is 0.270 e. The quantitative estimate of drug-likeness (QED) is 0.809. The predicted molar refractivity (Wildman–Crippen MR) is 110 cm³/mol. The van der Waals surface area contributed by atoms with Crippen molar-refractivity contribution in [3.63, 3.8) is 0 Å². The Hall–Kier alpha value is -2.14. The summed E-state index contributed by atoms with van der Waals surface area (Å²) in [6.07, 6.45) is 5.38. The van der Waals surface area contributed by atoms with Gasteiger partial charge < -0.3 is 10.2 Å². The molecule has 0 bridgehead atoms. The lowest BCUT2D eigenvalue weighted by molar-refractivity contribution is 0.0949. The molecule has 1 aromatic carbocycles. The molecule has 1 unspecified atom stereocenters. The fourth-order valence-electron chi connectivity index (χ4n) is 3.55. The highest BCUT2D eigenvalue weighted by Gasteiger charge is 2.24. The third-order valence-corrected chi connectivity index (χ3v) is 5.29. The van der Waals surface area contributed by atoms with E-state index in [4.69, 9.17) is 11.6 Å². The number of halogens is 1. The van der Waals surface area contributed by atoms with E-state index >= 15 is 0 Å². The summed E-state index contributed by atoms with van der Waals surface area (Å²) in [5.41, 5.74) is 2.40. The second kappa shape index (κ2) is 9.18. The molecule has 1 saturated heterocycles. The van der Waals surface area contributed by atoms with Gasteiger partial charge in [0.2, 0.25) is 5.95 Å². The summed E-state index contributed by atoms with van der Waals surface area (Å²) in [5.74, 6) is 0.533. The minimum Gasteiger partial charge on any atom is -0.350 e. The first-order chi connectivity index (χ1) is 13.1. The topological polar surface area (TPSA) is 58.1 Å². The van der Waals surface area contributed by atoms with Crippen LogP contribution in [-0.4, -0.2) is 35.0 Å². The smallest absolute Gasteiger partial charge is 0.270 e. The van der Waals surface area contributed by atoms with Gasteiger partial charge in [-0.1, -0.05) is 30.7 Å². The molecule has 0 aliphatic carbocycles. The molecule has 6 heteroatoms. The maximum atomic E-state index is 12.6. The minimum absolute atomic E-state index is 0.152. The van der Waals surface area contributed by atoms with Crippen LogP contribution >= 0.6 is 11.6 Å². The van der Waals surface area contributed by atoms with Crippen LogP contribution < -0.4 is 10.2 Å². The Balaban J connectivity index is 1.65. The number of aryl methyl sites for hydroxylation is 1. The SMILES string of the molecule is CCC1CCCCN1c1nc(C)cc(C(=O)NCCc2ccc(Cl)cc2)n1. The van der Waals surface area contributed by atoms with Crippen molar-refractivity contribution in [3.8, 4) is 0 Å². The highest BCUT2D eigenvalue weighted by molar-refractivity contribution is 6.30. The molecule has 2 aromatic rings. The van der Waals surface area contributed by atoms with Gasteiger partial charge in [-0.15, -0.1) is 0 Å². The third kappa shape index (κ3) is 5.19. The van der Waals surface area contributed by atoms with Crippen molar-refractivity contribution in [1.82, 2.24) is 15.3 Å². The number of carbonyl (C=O) groups excluding carboxylic acids is 1. The second-order valence-corrected chi connectivity index (χ2v) is 7.51. The zero-order valence-electron chi connectivity index (χ0n) is 16.0. The molecular weight excluding hydrogens is 360 g/mol. The highest BCUT2D eigenvalue weighted by atomic mass is 35.5. The Morgan fingerprint density at radius 1 is 1.26 bits per heavy atom. The van der Waals surface area contributed by atoms with Gasteiger partial charge in [-0.3, -0.25) is 4.79 Å². The highest BCUT2D eigenvalue weighted by Crippen LogP contribution is 2.24. The largest absolute Gasteiger partial charge is 0.350 e. The van der Waals surface area contributed by atoms with E-state index in [1.807, 2.05) is 31.2 Å². The molecule has 144 valence electrons. The van der Waals surface area contributed by atoms with E-state index in [0.717, 1.165) is 48.5 Å². The lowest BCUT2D eigenvalue weighted by Crippen LogP contribution is -2.40. The molecule has 1 amide bonds. The Morgan fingerprint density at radius 3 is 2.78 bits per heavy atom. The van der Waals surface area contributed by atoms with Crippen molar-refractivity contribution in [2.24, 2.45) is 0 Å². The number of hydrogen-bond donors (Lipinski definition) is 1. The average molecular weight is 387 g/mol. The van der Waals surface area contributed by atoms with Crippen molar-refractivity contribution in [3.05, 3.63) is 52.3 Å². The zero-order chi connectivity index (χ0) is 19.2. The van der Waals surface area contributed by atoms with Gasteiger partial charge in [0, 0.05) is 29.8 Å². The van der Waals surface area contributed by atoms with Gasteiger partial charge in [0.1, 0.15) is 5.69 Å². The number of aromatic nitrogens is 2. The van der Waals surface area contributed by atoms with Crippen LogP contribution in [0.25, 0.3) is 0 Å². The molecule has 27 heavy (non-hydrogen) atoms. The predicted octanol–water partition coefficient (Wildman–Crippen LogP) is 4.18. The first-order valence-corrected chi connectivity index (χ1v) is 10.1. The molecule has 5 nitrogen and oxygen atoms in total. The van der Waals surface area contributed by atoms with Gasteiger partial charge in [-0.2, -0.15) is 0 Å². The van der Waals surface area contributed by atoms with E-state index in [1.54, 1.807) is 6.07 Å².